The molecule has 1 aliphatic rings. The van der Waals surface area contributed by atoms with E-state index in [9.17, 15) is 15.0 Å². The topological polar surface area (TPSA) is 78.8 Å². The molecular formula is C8H15NO4. The van der Waals surface area contributed by atoms with E-state index in [1.54, 1.807) is 6.92 Å². The van der Waals surface area contributed by atoms with Crippen molar-refractivity contribution in [2.24, 2.45) is 0 Å². The maximum Gasteiger partial charge on any atom is 0.217 e. The molecule has 0 radical (unpaired) electrons. The molecule has 3 N–H and O–H groups in total. The van der Waals surface area contributed by atoms with Crippen LogP contribution in [0.1, 0.15) is 20.3 Å². The number of hydrogen-bond acceptors (Lipinski definition) is 4. The van der Waals surface area contributed by atoms with Crippen LogP contribution in [0.2, 0.25) is 0 Å². The molecule has 0 unspecified atom stereocenters. The quantitative estimate of drug-likeness (QED) is 0.493. The summed E-state index contributed by atoms with van der Waals surface area (Å²) in [7, 11) is 0. The lowest BCUT2D eigenvalue weighted by Crippen LogP contribution is -2.54. The standard InChI is InChI=1S/C8H15NO4/c1-4-3-6(9-5(2)10)7(11)8(12)13-4/h4,6-8,11-12H,3H2,1-2H3,(H,9,10)/t4-,6-,7+,8+/m1/s1. The van der Waals surface area contributed by atoms with E-state index in [1.807, 2.05) is 0 Å². The van der Waals surface area contributed by atoms with E-state index in [1.165, 1.54) is 6.92 Å². The number of ether oxygens (including phenoxy) is 1. The SMILES string of the molecule is CC(=O)N[C@@H]1C[C@@H](C)O[C@H](O)[C@H]1O. The van der Waals surface area contributed by atoms with Gasteiger partial charge in [-0.15, -0.1) is 0 Å². The number of nitrogens with one attached hydrogen (secondary N) is 1. The monoisotopic (exact) mass is 189 g/mol. The molecule has 0 aromatic carbocycles. The average molecular weight is 189 g/mol. The van der Waals surface area contributed by atoms with Crippen LogP contribution < -0.4 is 5.32 Å². The van der Waals surface area contributed by atoms with Crippen LogP contribution in [0.15, 0.2) is 0 Å². The highest BCUT2D eigenvalue weighted by Gasteiger charge is 2.35. The molecule has 5 nitrogen and oxygen atoms in total. The second-order valence-corrected chi connectivity index (χ2v) is 3.37. The molecule has 0 saturated carbocycles. The van der Waals surface area contributed by atoms with Crippen LogP contribution in [0.3, 0.4) is 0 Å². The minimum Gasteiger partial charge on any atom is -0.386 e. The number of aliphatic hydroxyl groups is 2. The molecule has 1 aliphatic heterocycles. The molecule has 0 aromatic rings. The summed E-state index contributed by atoms with van der Waals surface area (Å²) in [6, 6.07) is -0.420. The van der Waals surface area contributed by atoms with Gasteiger partial charge in [-0.05, 0) is 13.3 Å². The summed E-state index contributed by atoms with van der Waals surface area (Å²) < 4.78 is 4.96. The lowest BCUT2D eigenvalue weighted by Gasteiger charge is -2.35. The van der Waals surface area contributed by atoms with Gasteiger partial charge in [-0.1, -0.05) is 0 Å². The number of carbonyl (C=O) groups excluding carboxylic acids is 1. The Morgan fingerprint density at radius 2 is 2.15 bits per heavy atom. The van der Waals surface area contributed by atoms with Gasteiger partial charge in [-0.2, -0.15) is 0 Å². The summed E-state index contributed by atoms with van der Waals surface area (Å²) >= 11 is 0. The number of carbonyl (C=O) groups is 1. The van der Waals surface area contributed by atoms with Crippen molar-refractivity contribution >= 4 is 5.91 Å². The summed E-state index contributed by atoms with van der Waals surface area (Å²) in [5.74, 6) is -0.217. The van der Waals surface area contributed by atoms with Crippen molar-refractivity contribution in [3.8, 4) is 0 Å². The predicted molar refractivity (Wildman–Crippen MR) is 44.8 cm³/mol. The number of amides is 1. The first-order valence-electron chi connectivity index (χ1n) is 4.29. The third-order valence-electron chi connectivity index (χ3n) is 2.05. The fourth-order valence-corrected chi connectivity index (χ4v) is 1.48. The number of aliphatic hydroxyl groups excluding tert-OH is 2. The van der Waals surface area contributed by atoms with Gasteiger partial charge in [-0.25, -0.2) is 0 Å². The van der Waals surface area contributed by atoms with Crippen molar-refractivity contribution in [2.45, 2.75) is 44.8 Å². The summed E-state index contributed by atoms with van der Waals surface area (Å²) in [5.41, 5.74) is 0. The molecule has 76 valence electrons. The van der Waals surface area contributed by atoms with E-state index < -0.39 is 18.4 Å². The fourth-order valence-electron chi connectivity index (χ4n) is 1.48. The van der Waals surface area contributed by atoms with Crippen molar-refractivity contribution in [3.63, 3.8) is 0 Å². The lowest BCUT2D eigenvalue weighted by atomic mass is 10.0. The maximum absolute atomic E-state index is 10.7. The van der Waals surface area contributed by atoms with Crippen LogP contribution in [0.5, 0.6) is 0 Å². The highest BCUT2D eigenvalue weighted by atomic mass is 16.6. The Labute approximate surface area is 76.7 Å². The molecule has 0 aromatic heterocycles. The average Bonchev–Trinajstić information content (AvgIpc) is 1.98. The van der Waals surface area contributed by atoms with Gasteiger partial charge < -0.3 is 20.3 Å². The van der Waals surface area contributed by atoms with Gasteiger partial charge in [0.2, 0.25) is 5.91 Å². The molecule has 0 aliphatic carbocycles. The van der Waals surface area contributed by atoms with Crippen molar-refractivity contribution in [1.29, 1.82) is 0 Å². The second kappa shape index (κ2) is 4.04. The molecular weight excluding hydrogens is 174 g/mol. The third kappa shape index (κ3) is 2.65. The zero-order valence-corrected chi connectivity index (χ0v) is 7.73. The van der Waals surface area contributed by atoms with Gasteiger partial charge in [0.1, 0.15) is 6.10 Å². The summed E-state index contributed by atoms with van der Waals surface area (Å²) in [4.78, 5) is 10.7. The summed E-state index contributed by atoms with van der Waals surface area (Å²) in [6.07, 6.45) is -1.89. The Hall–Kier alpha value is -0.650. The van der Waals surface area contributed by atoms with E-state index >= 15 is 0 Å². The zero-order valence-electron chi connectivity index (χ0n) is 7.73. The van der Waals surface area contributed by atoms with Gasteiger partial charge in [0.05, 0.1) is 12.1 Å². The van der Waals surface area contributed by atoms with E-state index in [2.05, 4.69) is 5.32 Å². The number of hydrogen-bond donors (Lipinski definition) is 3. The van der Waals surface area contributed by atoms with E-state index in [0.29, 0.717) is 6.42 Å². The molecule has 4 atom stereocenters. The van der Waals surface area contributed by atoms with E-state index in [-0.39, 0.29) is 12.0 Å². The largest absolute Gasteiger partial charge is 0.386 e. The van der Waals surface area contributed by atoms with Crippen molar-refractivity contribution in [2.75, 3.05) is 0 Å². The van der Waals surface area contributed by atoms with Crippen molar-refractivity contribution in [1.82, 2.24) is 5.32 Å². The van der Waals surface area contributed by atoms with Crippen LogP contribution in [0.25, 0.3) is 0 Å². The van der Waals surface area contributed by atoms with Crippen LogP contribution in [0.4, 0.5) is 0 Å². The highest BCUT2D eigenvalue weighted by Crippen LogP contribution is 2.18. The smallest absolute Gasteiger partial charge is 0.217 e. The molecule has 1 heterocycles. The first-order chi connectivity index (χ1) is 6.00. The highest BCUT2D eigenvalue weighted by molar-refractivity contribution is 5.73. The Bertz CT molecular complexity index is 197. The Kier molecular flexibility index (Phi) is 3.24. The van der Waals surface area contributed by atoms with Crippen LogP contribution in [-0.2, 0) is 9.53 Å². The summed E-state index contributed by atoms with van der Waals surface area (Å²) in [6.45, 7) is 3.16. The van der Waals surface area contributed by atoms with Gasteiger partial charge in [0, 0.05) is 6.92 Å². The Balaban J connectivity index is 2.55. The molecule has 1 saturated heterocycles. The maximum atomic E-state index is 10.7. The second-order valence-electron chi connectivity index (χ2n) is 3.37. The van der Waals surface area contributed by atoms with Gasteiger partial charge in [-0.3, -0.25) is 4.79 Å². The Morgan fingerprint density at radius 1 is 1.54 bits per heavy atom. The van der Waals surface area contributed by atoms with Crippen molar-refractivity contribution < 1.29 is 19.7 Å². The van der Waals surface area contributed by atoms with Gasteiger partial charge in [0.15, 0.2) is 6.29 Å². The fraction of sp³-hybridized carbons (Fsp3) is 0.875. The molecule has 0 spiro atoms. The minimum absolute atomic E-state index is 0.157. The van der Waals surface area contributed by atoms with Crippen LogP contribution in [-0.4, -0.2) is 40.7 Å². The number of rotatable bonds is 1. The van der Waals surface area contributed by atoms with Gasteiger partial charge >= 0.3 is 0 Å². The minimum atomic E-state index is -1.21. The first-order valence-corrected chi connectivity index (χ1v) is 4.29. The summed E-state index contributed by atoms with van der Waals surface area (Å²) in [5, 5.41) is 21.2. The third-order valence-corrected chi connectivity index (χ3v) is 2.05. The molecule has 13 heavy (non-hydrogen) atoms. The Morgan fingerprint density at radius 3 is 2.69 bits per heavy atom. The molecule has 1 rings (SSSR count). The van der Waals surface area contributed by atoms with Crippen molar-refractivity contribution in [3.05, 3.63) is 0 Å². The van der Waals surface area contributed by atoms with Crippen LogP contribution in [0, 0.1) is 0 Å². The first kappa shape index (κ1) is 10.4. The van der Waals surface area contributed by atoms with E-state index in [4.69, 9.17) is 4.74 Å². The zero-order chi connectivity index (χ0) is 10.0. The molecule has 1 amide bonds. The molecule has 1 fully saturated rings. The van der Waals surface area contributed by atoms with E-state index in [0.717, 1.165) is 0 Å². The normalized spacial score (nSPS) is 40.0. The lowest BCUT2D eigenvalue weighted by molar-refractivity contribution is -0.220. The van der Waals surface area contributed by atoms with Gasteiger partial charge in [0.25, 0.3) is 0 Å². The molecule has 5 heteroatoms. The van der Waals surface area contributed by atoms with Crippen LogP contribution >= 0.6 is 0 Å². The predicted octanol–water partition coefficient (Wildman–Crippen LogP) is -1.02. The molecule has 0 bridgehead atoms.